The Hall–Kier alpha value is -0.430. The minimum absolute atomic E-state index is 0.0629. The third kappa shape index (κ3) is 3.78. The van der Waals surface area contributed by atoms with E-state index >= 15 is 0 Å². The van der Waals surface area contributed by atoms with Crippen LogP contribution in [0.25, 0.3) is 0 Å². The smallest absolute Gasteiger partial charge is 0.282 e. The van der Waals surface area contributed by atoms with Crippen LogP contribution in [0.1, 0.15) is 27.7 Å². The van der Waals surface area contributed by atoms with Gasteiger partial charge in [0.05, 0.1) is 12.2 Å². The average Bonchev–Trinajstić information content (AvgIpc) is 2.24. The standard InChI is InChI=1S/C12H24N2O3S/c1-6-13(7-10(2)3)18(15,16)14-8-11(4)17-12(5)9-14/h11-12H,2,6-9H2,1,3-5H3/t11-,12-/m0/s1. The summed E-state index contributed by atoms with van der Waals surface area (Å²) < 4.78 is 33.5. The molecule has 0 aromatic heterocycles. The lowest BCUT2D eigenvalue weighted by Gasteiger charge is -2.37. The summed E-state index contributed by atoms with van der Waals surface area (Å²) in [6.45, 7) is 12.9. The number of nitrogens with zero attached hydrogens (tertiary/aromatic N) is 2. The quantitative estimate of drug-likeness (QED) is 0.710. The Labute approximate surface area is 111 Å². The normalized spacial score (nSPS) is 26.5. The molecule has 0 aromatic rings. The Balaban J connectivity index is 2.86. The third-order valence-corrected chi connectivity index (χ3v) is 4.83. The van der Waals surface area contributed by atoms with Crippen molar-refractivity contribution in [2.75, 3.05) is 26.2 Å². The van der Waals surface area contributed by atoms with Crippen molar-refractivity contribution in [3.8, 4) is 0 Å². The Kier molecular flexibility index (Phi) is 5.33. The molecule has 6 heteroatoms. The molecule has 5 nitrogen and oxygen atoms in total. The molecule has 1 aliphatic rings. The zero-order chi connectivity index (χ0) is 13.9. The molecule has 0 radical (unpaired) electrons. The van der Waals surface area contributed by atoms with E-state index in [0.717, 1.165) is 5.57 Å². The van der Waals surface area contributed by atoms with Gasteiger partial charge < -0.3 is 4.74 Å². The first-order valence-corrected chi connectivity index (χ1v) is 7.72. The van der Waals surface area contributed by atoms with Crippen molar-refractivity contribution in [2.24, 2.45) is 0 Å². The minimum atomic E-state index is -3.41. The van der Waals surface area contributed by atoms with Crippen LogP contribution >= 0.6 is 0 Å². The van der Waals surface area contributed by atoms with Crippen molar-refractivity contribution in [3.05, 3.63) is 12.2 Å². The van der Waals surface area contributed by atoms with Gasteiger partial charge >= 0.3 is 0 Å². The molecule has 0 unspecified atom stereocenters. The summed E-state index contributed by atoms with van der Waals surface area (Å²) in [5.41, 5.74) is 0.842. The zero-order valence-electron chi connectivity index (χ0n) is 11.7. The van der Waals surface area contributed by atoms with E-state index in [0.29, 0.717) is 26.2 Å². The van der Waals surface area contributed by atoms with Gasteiger partial charge in [-0.1, -0.05) is 19.1 Å². The lowest BCUT2D eigenvalue weighted by Crippen LogP contribution is -2.53. The lowest BCUT2D eigenvalue weighted by atomic mass is 10.3. The van der Waals surface area contributed by atoms with Crippen molar-refractivity contribution in [3.63, 3.8) is 0 Å². The van der Waals surface area contributed by atoms with Gasteiger partial charge in [-0.25, -0.2) is 0 Å². The molecule has 2 atom stereocenters. The summed E-state index contributed by atoms with van der Waals surface area (Å²) in [7, 11) is -3.41. The largest absolute Gasteiger partial charge is 0.373 e. The molecule has 106 valence electrons. The van der Waals surface area contributed by atoms with Crippen LogP contribution in [0.5, 0.6) is 0 Å². The maximum absolute atomic E-state index is 12.5. The lowest BCUT2D eigenvalue weighted by molar-refractivity contribution is -0.0453. The van der Waals surface area contributed by atoms with E-state index in [1.165, 1.54) is 8.61 Å². The summed E-state index contributed by atoms with van der Waals surface area (Å²) in [5.74, 6) is 0. The molecule has 1 heterocycles. The fraction of sp³-hybridized carbons (Fsp3) is 0.833. The predicted octanol–water partition coefficient (Wildman–Crippen LogP) is 1.24. The summed E-state index contributed by atoms with van der Waals surface area (Å²) in [6.07, 6.45) is -0.126. The number of morpholine rings is 1. The van der Waals surface area contributed by atoms with Crippen LogP contribution in [-0.4, -0.2) is 55.4 Å². The van der Waals surface area contributed by atoms with E-state index in [1.54, 1.807) is 0 Å². The molecule has 18 heavy (non-hydrogen) atoms. The van der Waals surface area contributed by atoms with Gasteiger partial charge in [-0.15, -0.1) is 0 Å². The van der Waals surface area contributed by atoms with Gasteiger partial charge in [0.15, 0.2) is 0 Å². The first-order chi connectivity index (χ1) is 8.27. The summed E-state index contributed by atoms with van der Waals surface area (Å²) in [4.78, 5) is 0. The van der Waals surface area contributed by atoms with Crippen LogP contribution in [0.4, 0.5) is 0 Å². The Morgan fingerprint density at radius 3 is 2.28 bits per heavy atom. The number of likely N-dealkylation sites (N-methyl/N-ethyl adjacent to an activating group) is 1. The van der Waals surface area contributed by atoms with Crippen LogP contribution in [0.15, 0.2) is 12.2 Å². The summed E-state index contributed by atoms with van der Waals surface area (Å²) >= 11 is 0. The Morgan fingerprint density at radius 1 is 1.39 bits per heavy atom. The molecule has 0 bridgehead atoms. The van der Waals surface area contributed by atoms with Crippen LogP contribution in [-0.2, 0) is 14.9 Å². The number of rotatable bonds is 5. The van der Waals surface area contributed by atoms with Crippen molar-refractivity contribution in [1.29, 1.82) is 0 Å². The van der Waals surface area contributed by atoms with Crippen molar-refractivity contribution >= 4 is 10.2 Å². The second kappa shape index (κ2) is 6.14. The molecule has 1 saturated heterocycles. The van der Waals surface area contributed by atoms with Crippen molar-refractivity contribution in [1.82, 2.24) is 8.61 Å². The fourth-order valence-corrected chi connectivity index (χ4v) is 3.97. The van der Waals surface area contributed by atoms with Crippen LogP contribution in [0.2, 0.25) is 0 Å². The SMILES string of the molecule is C=C(C)CN(CC)S(=O)(=O)N1C[C@H](C)O[C@@H](C)C1. The van der Waals surface area contributed by atoms with Gasteiger partial charge in [-0.2, -0.15) is 17.0 Å². The first kappa shape index (κ1) is 15.6. The van der Waals surface area contributed by atoms with E-state index in [1.807, 2.05) is 27.7 Å². The van der Waals surface area contributed by atoms with Gasteiger partial charge in [-0.05, 0) is 20.8 Å². The molecule has 1 fully saturated rings. The highest BCUT2D eigenvalue weighted by molar-refractivity contribution is 7.86. The summed E-state index contributed by atoms with van der Waals surface area (Å²) in [6, 6.07) is 0. The highest BCUT2D eigenvalue weighted by Gasteiger charge is 2.34. The van der Waals surface area contributed by atoms with E-state index in [-0.39, 0.29) is 12.2 Å². The predicted molar refractivity (Wildman–Crippen MR) is 72.6 cm³/mol. The highest BCUT2D eigenvalue weighted by atomic mass is 32.2. The molecule has 0 N–H and O–H groups in total. The molecule has 0 saturated carbocycles. The van der Waals surface area contributed by atoms with E-state index in [9.17, 15) is 8.42 Å². The average molecular weight is 276 g/mol. The van der Waals surface area contributed by atoms with E-state index in [2.05, 4.69) is 6.58 Å². The van der Waals surface area contributed by atoms with Crippen LogP contribution in [0.3, 0.4) is 0 Å². The zero-order valence-corrected chi connectivity index (χ0v) is 12.5. The van der Waals surface area contributed by atoms with E-state index in [4.69, 9.17) is 4.74 Å². The van der Waals surface area contributed by atoms with Crippen LogP contribution < -0.4 is 0 Å². The third-order valence-electron chi connectivity index (χ3n) is 2.84. The van der Waals surface area contributed by atoms with Gasteiger partial charge in [0.2, 0.25) is 0 Å². The topological polar surface area (TPSA) is 49.9 Å². The van der Waals surface area contributed by atoms with Gasteiger partial charge in [0.1, 0.15) is 0 Å². The number of hydrogen-bond acceptors (Lipinski definition) is 3. The molecular formula is C12H24N2O3S. The van der Waals surface area contributed by atoms with Crippen molar-refractivity contribution < 1.29 is 13.2 Å². The maximum atomic E-state index is 12.5. The van der Waals surface area contributed by atoms with Gasteiger partial charge in [-0.3, -0.25) is 0 Å². The molecule has 0 spiro atoms. The number of ether oxygens (including phenoxy) is 1. The molecule has 1 rings (SSSR count). The molecule has 0 aliphatic carbocycles. The monoisotopic (exact) mass is 276 g/mol. The molecule has 1 aliphatic heterocycles. The van der Waals surface area contributed by atoms with Gasteiger partial charge in [0, 0.05) is 26.2 Å². The number of hydrogen-bond donors (Lipinski definition) is 0. The highest BCUT2D eigenvalue weighted by Crippen LogP contribution is 2.17. The maximum Gasteiger partial charge on any atom is 0.282 e. The van der Waals surface area contributed by atoms with Gasteiger partial charge in [0.25, 0.3) is 10.2 Å². The molecule has 0 amide bonds. The Morgan fingerprint density at radius 2 is 1.89 bits per heavy atom. The van der Waals surface area contributed by atoms with Crippen LogP contribution in [0, 0.1) is 0 Å². The van der Waals surface area contributed by atoms with E-state index < -0.39 is 10.2 Å². The first-order valence-electron chi connectivity index (χ1n) is 6.32. The molecular weight excluding hydrogens is 252 g/mol. The van der Waals surface area contributed by atoms with Crippen molar-refractivity contribution in [2.45, 2.75) is 39.9 Å². The Bertz CT molecular complexity index is 384. The molecule has 0 aromatic carbocycles. The minimum Gasteiger partial charge on any atom is -0.373 e. The fourth-order valence-electron chi connectivity index (χ4n) is 2.14. The summed E-state index contributed by atoms with van der Waals surface area (Å²) in [5, 5.41) is 0. The second-order valence-corrected chi connectivity index (χ2v) is 6.89. The second-order valence-electron chi connectivity index (χ2n) is 4.97.